The highest BCUT2D eigenvalue weighted by Crippen LogP contribution is 2.26. The molecule has 3 heteroatoms. The summed E-state index contributed by atoms with van der Waals surface area (Å²) < 4.78 is 0. The van der Waals surface area contributed by atoms with Gasteiger partial charge in [0.15, 0.2) is 0 Å². The fraction of sp³-hybridized carbons (Fsp3) is 0.786. The highest BCUT2D eigenvalue weighted by Gasteiger charge is 2.16. The normalized spacial score (nSPS) is 22.0. The average Bonchev–Trinajstić information content (AvgIpc) is 2.39. The van der Waals surface area contributed by atoms with E-state index in [2.05, 4.69) is 16.7 Å². The number of carbonyl (C=O) groups is 1. The van der Waals surface area contributed by atoms with Gasteiger partial charge in [0.1, 0.15) is 0 Å². The first-order valence-corrected chi connectivity index (χ1v) is 7.00. The first kappa shape index (κ1) is 12.6. The minimum absolute atomic E-state index is 0.247. The first-order valence-electron chi connectivity index (χ1n) is 7.00. The molecule has 0 unspecified atom stereocenters. The van der Waals surface area contributed by atoms with Gasteiger partial charge in [-0.15, -0.1) is 0 Å². The van der Waals surface area contributed by atoms with Gasteiger partial charge in [-0.05, 0) is 31.7 Å². The van der Waals surface area contributed by atoms with Gasteiger partial charge in [-0.25, -0.2) is 0 Å². The molecule has 2 aliphatic rings. The Morgan fingerprint density at radius 1 is 1.35 bits per heavy atom. The molecule has 0 saturated heterocycles. The van der Waals surface area contributed by atoms with Gasteiger partial charge < -0.3 is 10.6 Å². The zero-order valence-corrected chi connectivity index (χ0v) is 10.6. The smallest absolute Gasteiger partial charge is 0.220 e. The van der Waals surface area contributed by atoms with E-state index in [1.54, 1.807) is 0 Å². The van der Waals surface area contributed by atoms with Crippen molar-refractivity contribution in [2.45, 2.75) is 44.9 Å². The summed E-state index contributed by atoms with van der Waals surface area (Å²) in [4.78, 5) is 11.8. The summed E-state index contributed by atoms with van der Waals surface area (Å²) in [5.41, 5.74) is 1.38. The molecule has 0 radical (unpaired) electrons. The van der Waals surface area contributed by atoms with Crippen molar-refractivity contribution in [2.24, 2.45) is 5.92 Å². The lowest BCUT2D eigenvalue weighted by Gasteiger charge is -2.21. The Morgan fingerprint density at radius 3 is 2.88 bits per heavy atom. The van der Waals surface area contributed by atoms with Crippen LogP contribution in [0.4, 0.5) is 0 Å². The van der Waals surface area contributed by atoms with Gasteiger partial charge >= 0.3 is 0 Å². The highest BCUT2D eigenvalue weighted by atomic mass is 16.1. The number of hydrogen-bond donors (Lipinski definition) is 2. The Kier molecular flexibility index (Phi) is 5.05. The largest absolute Gasteiger partial charge is 0.352 e. The molecule has 1 amide bonds. The Morgan fingerprint density at radius 2 is 2.18 bits per heavy atom. The molecule has 0 aromatic carbocycles. The first-order chi connectivity index (χ1) is 8.34. The van der Waals surface area contributed by atoms with E-state index in [9.17, 15) is 4.79 Å². The van der Waals surface area contributed by atoms with Gasteiger partial charge in [-0.2, -0.15) is 0 Å². The van der Waals surface area contributed by atoms with Crippen molar-refractivity contribution in [1.82, 2.24) is 10.6 Å². The second-order valence-electron chi connectivity index (χ2n) is 5.30. The van der Waals surface area contributed by atoms with E-state index >= 15 is 0 Å². The molecule has 1 saturated carbocycles. The minimum atomic E-state index is 0.247. The molecule has 1 heterocycles. The van der Waals surface area contributed by atoms with Crippen LogP contribution in [0.5, 0.6) is 0 Å². The van der Waals surface area contributed by atoms with E-state index in [0.29, 0.717) is 5.92 Å². The topological polar surface area (TPSA) is 41.1 Å². The van der Waals surface area contributed by atoms with Crippen molar-refractivity contribution in [3.8, 4) is 0 Å². The molecule has 1 aliphatic heterocycles. The van der Waals surface area contributed by atoms with Gasteiger partial charge in [0.25, 0.3) is 0 Å². The number of amides is 1. The second kappa shape index (κ2) is 6.80. The molecule has 2 N–H and O–H groups in total. The molecule has 0 spiro atoms. The molecule has 17 heavy (non-hydrogen) atoms. The predicted octanol–water partition coefficient (Wildman–Crippen LogP) is 1.99. The summed E-state index contributed by atoms with van der Waals surface area (Å²) in [5.74, 6) is 0.891. The third-order valence-corrected chi connectivity index (χ3v) is 3.87. The Hall–Kier alpha value is -0.830. The van der Waals surface area contributed by atoms with Crippen molar-refractivity contribution in [3.05, 3.63) is 11.6 Å². The molecule has 96 valence electrons. The average molecular weight is 236 g/mol. The Balaban J connectivity index is 1.64. The zero-order chi connectivity index (χ0) is 11.9. The maximum atomic E-state index is 11.8. The van der Waals surface area contributed by atoms with Crippen LogP contribution in [0.2, 0.25) is 0 Å². The number of hydrogen-bond acceptors (Lipinski definition) is 2. The molecule has 0 atom stereocenters. The van der Waals surface area contributed by atoms with Crippen LogP contribution >= 0.6 is 0 Å². The van der Waals surface area contributed by atoms with Gasteiger partial charge in [0.05, 0.1) is 0 Å². The maximum Gasteiger partial charge on any atom is 0.220 e. The standard InChI is InChI=1S/C14H24N2O/c17-14(10-12-4-2-1-3-5-12)16-11-13-6-8-15-9-7-13/h6,12,15H,1-5,7-11H2,(H,16,17). The Labute approximate surface area is 104 Å². The van der Waals surface area contributed by atoms with Crippen LogP contribution in [0.25, 0.3) is 0 Å². The third-order valence-electron chi connectivity index (χ3n) is 3.87. The summed E-state index contributed by atoms with van der Waals surface area (Å²) in [7, 11) is 0. The van der Waals surface area contributed by atoms with E-state index in [0.717, 1.165) is 32.5 Å². The molecule has 2 rings (SSSR count). The van der Waals surface area contributed by atoms with Crippen LogP contribution in [0.3, 0.4) is 0 Å². The third kappa shape index (κ3) is 4.50. The predicted molar refractivity (Wildman–Crippen MR) is 69.8 cm³/mol. The van der Waals surface area contributed by atoms with Crippen LogP contribution in [0.1, 0.15) is 44.9 Å². The van der Waals surface area contributed by atoms with E-state index in [1.165, 1.54) is 37.7 Å². The SMILES string of the molecule is O=C(CC1CCCCC1)NCC1=CCNCC1. The van der Waals surface area contributed by atoms with Crippen molar-refractivity contribution in [3.63, 3.8) is 0 Å². The van der Waals surface area contributed by atoms with Crippen LogP contribution in [0, 0.1) is 5.92 Å². The highest BCUT2D eigenvalue weighted by molar-refractivity contribution is 5.76. The van der Waals surface area contributed by atoms with E-state index < -0.39 is 0 Å². The lowest BCUT2D eigenvalue weighted by Crippen LogP contribution is -2.30. The van der Waals surface area contributed by atoms with Gasteiger partial charge in [0.2, 0.25) is 5.91 Å². The van der Waals surface area contributed by atoms with Crippen molar-refractivity contribution in [2.75, 3.05) is 19.6 Å². The summed E-state index contributed by atoms with van der Waals surface area (Å²) in [6.45, 7) is 2.76. The second-order valence-corrected chi connectivity index (χ2v) is 5.30. The minimum Gasteiger partial charge on any atom is -0.352 e. The van der Waals surface area contributed by atoms with Crippen molar-refractivity contribution >= 4 is 5.91 Å². The monoisotopic (exact) mass is 236 g/mol. The van der Waals surface area contributed by atoms with Crippen LogP contribution in [0.15, 0.2) is 11.6 Å². The lowest BCUT2D eigenvalue weighted by atomic mass is 9.87. The van der Waals surface area contributed by atoms with Crippen LogP contribution in [-0.2, 0) is 4.79 Å². The van der Waals surface area contributed by atoms with E-state index in [-0.39, 0.29) is 5.91 Å². The zero-order valence-electron chi connectivity index (χ0n) is 10.6. The van der Waals surface area contributed by atoms with E-state index in [4.69, 9.17) is 0 Å². The van der Waals surface area contributed by atoms with Crippen molar-refractivity contribution < 1.29 is 4.79 Å². The quantitative estimate of drug-likeness (QED) is 0.733. The molecule has 1 fully saturated rings. The fourth-order valence-corrected chi connectivity index (χ4v) is 2.77. The molecule has 0 bridgehead atoms. The molecule has 0 aromatic rings. The molecular weight excluding hydrogens is 212 g/mol. The van der Waals surface area contributed by atoms with Gasteiger partial charge in [0, 0.05) is 19.5 Å². The summed E-state index contributed by atoms with van der Waals surface area (Å²) in [5, 5.41) is 6.34. The van der Waals surface area contributed by atoms with Gasteiger partial charge in [-0.1, -0.05) is 30.9 Å². The molecule has 0 aromatic heterocycles. The number of rotatable bonds is 4. The lowest BCUT2D eigenvalue weighted by molar-refractivity contribution is -0.122. The van der Waals surface area contributed by atoms with Crippen LogP contribution in [-0.4, -0.2) is 25.5 Å². The maximum absolute atomic E-state index is 11.8. The van der Waals surface area contributed by atoms with E-state index in [1.807, 2.05) is 0 Å². The summed E-state index contributed by atoms with van der Waals surface area (Å²) in [6.07, 6.45) is 10.5. The molecular formula is C14H24N2O. The number of carbonyl (C=O) groups excluding carboxylic acids is 1. The van der Waals surface area contributed by atoms with Crippen molar-refractivity contribution in [1.29, 1.82) is 0 Å². The Bertz CT molecular complexity index is 280. The van der Waals surface area contributed by atoms with Gasteiger partial charge in [-0.3, -0.25) is 4.79 Å². The van der Waals surface area contributed by atoms with Crippen LogP contribution < -0.4 is 10.6 Å². The summed E-state index contributed by atoms with van der Waals surface area (Å²) >= 11 is 0. The summed E-state index contributed by atoms with van der Waals surface area (Å²) in [6, 6.07) is 0. The number of nitrogens with one attached hydrogen (secondary N) is 2. The fourth-order valence-electron chi connectivity index (χ4n) is 2.77. The molecule has 1 aliphatic carbocycles. The molecule has 3 nitrogen and oxygen atoms in total.